The summed E-state index contributed by atoms with van der Waals surface area (Å²) in [5.74, 6) is -0.315. The third-order valence-electron chi connectivity index (χ3n) is 2.58. The van der Waals surface area contributed by atoms with Crippen molar-refractivity contribution in [1.29, 1.82) is 0 Å². The van der Waals surface area contributed by atoms with Crippen LogP contribution < -0.4 is 16.6 Å². The van der Waals surface area contributed by atoms with Crippen molar-refractivity contribution in [3.05, 3.63) is 55.8 Å². The summed E-state index contributed by atoms with van der Waals surface area (Å²) < 4.78 is 0.921. The number of carbonyl (C=O) groups is 1. The highest BCUT2D eigenvalue weighted by Gasteiger charge is 2.12. The molecule has 2 rings (SSSR count). The van der Waals surface area contributed by atoms with Crippen molar-refractivity contribution >= 4 is 23.2 Å². The zero-order valence-corrected chi connectivity index (χ0v) is 11.6. The molecule has 0 radical (unpaired) electrons. The Morgan fingerprint density at radius 1 is 1.30 bits per heavy atom. The summed E-state index contributed by atoms with van der Waals surface area (Å²) in [6.45, 7) is 2.94. The molecule has 0 spiro atoms. The van der Waals surface area contributed by atoms with Crippen LogP contribution in [-0.2, 0) is 4.79 Å². The van der Waals surface area contributed by atoms with E-state index < -0.39 is 11.2 Å². The molecule has 0 aliphatic heterocycles. The number of carbonyl (C=O) groups excluding carboxylic acids is 1. The van der Waals surface area contributed by atoms with Gasteiger partial charge in [0.05, 0.1) is 11.4 Å². The van der Waals surface area contributed by atoms with Gasteiger partial charge in [-0.2, -0.15) is 0 Å². The van der Waals surface area contributed by atoms with Crippen LogP contribution in [0, 0.1) is 6.92 Å². The van der Waals surface area contributed by atoms with E-state index in [0.29, 0.717) is 16.4 Å². The minimum Gasteiger partial charge on any atom is -0.325 e. The van der Waals surface area contributed by atoms with Crippen molar-refractivity contribution in [3.63, 3.8) is 0 Å². The lowest BCUT2D eigenvalue weighted by Crippen LogP contribution is -2.34. The Morgan fingerprint density at radius 3 is 2.60 bits per heavy atom. The van der Waals surface area contributed by atoms with Gasteiger partial charge in [0.1, 0.15) is 0 Å². The van der Waals surface area contributed by atoms with Gasteiger partial charge in [-0.05, 0) is 25.1 Å². The van der Waals surface area contributed by atoms with Crippen molar-refractivity contribution in [2.75, 3.05) is 5.32 Å². The van der Waals surface area contributed by atoms with Crippen LogP contribution in [0.1, 0.15) is 12.6 Å². The molecule has 0 aliphatic carbocycles. The number of hydrogen-bond donors (Lipinski definition) is 2. The molecule has 1 aromatic carbocycles. The van der Waals surface area contributed by atoms with Crippen molar-refractivity contribution in [2.24, 2.45) is 0 Å². The maximum absolute atomic E-state index is 12.0. The van der Waals surface area contributed by atoms with E-state index in [-0.39, 0.29) is 11.6 Å². The fourth-order valence-corrected chi connectivity index (χ4v) is 1.99. The summed E-state index contributed by atoms with van der Waals surface area (Å²) in [7, 11) is 0. The van der Waals surface area contributed by atoms with Crippen LogP contribution in [0.3, 0.4) is 0 Å². The molecule has 0 bridgehead atoms. The highest BCUT2D eigenvalue weighted by Crippen LogP contribution is 2.22. The first-order valence-electron chi connectivity index (χ1n) is 5.79. The number of amides is 1. The number of nitrogens with one attached hydrogen (secondary N) is 2. The van der Waals surface area contributed by atoms with Crippen LogP contribution in [0.4, 0.5) is 5.69 Å². The largest absolute Gasteiger partial charge is 0.333 e. The molecule has 0 atom stereocenters. The SMILES string of the molecule is CC(=O)Nc1ccc(Cl)cc1-n1c(=O)cc(C)[nH]c1=O. The number of aromatic amines is 1. The number of aromatic nitrogens is 2. The van der Waals surface area contributed by atoms with E-state index in [0.717, 1.165) is 4.57 Å². The number of H-pyrrole nitrogens is 1. The van der Waals surface area contributed by atoms with Gasteiger partial charge >= 0.3 is 5.69 Å². The number of halogens is 1. The van der Waals surface area contributed by atoms with Gasteiger partial charge in [-0.3, -0.25) is 9.59 Å². The maximum Gasteiger partial charge on any atom is 0.333 e. The molecule has 0 fully saturated rings. The second-order valence-electron chi connectivity index (χ2n) is 4.27. The molecule has 1 heterocycles. The normalized spacial score (nSPS) is 10.3. The van der Waals surface area contributed by atoms with Crippen molar-refractivity contribution in [2.45, 2.75) is 13.8 Å². The Labute approximate surface area is 119 Å². The summed E-state index contributed by atoms with van der Waals surface area (Å²) in [5.41, 5.74) is -0.0827. The Hall–Kier alpha value is -2.34. The molecule has 2 aromatic rings. The fraction of sp³-hybridized carbons (Fsp3) is 0.154. The Morgan fingerprint density at radius 2 is 2.00 bits per heavy atom. The zero-order valence-electron chi connectivity index (χ0n) is 10.9. The minimum atomic E-state index is -0.594. The van der Waals surface area contributed by atoms with Gasteiger partial charge in [0.25, 0.3) is 5.56 Å². The molecule has 2 N–H and O–H groups in total. The first kappa shape index (κ1) is 14.1. The number of rotatable bonds is 2. The second kappa shape index (κ2) is 5.34. The Balaban J connectivity index is 2.75. The summed E-state index contributed by atoms with van der Waals surface area (Å²) in [4.78, 5) is 37.7. The molecule has 1 amide bonds. The standard InChI is InChI=1S/C13H12ClN3O3/c1-7-5-12(19)17(13(20)15-7)11-6-9(14)3-4-10(11)16-8(2)18/h3-6H,1-2H3,(H,15,20)(H,16,18). The zero-order chi connectivity index (χ0) is 14.9. The summed E-state index contributed by atoms with van der Waals surface area (Å²) in [6.07, 6.45) is 0. The lowest BCUT2D eigenvalue weighted by atomic mass is 10.2. The lowest BCUT2D eigenvalue weighted by molar-refractivity contribution is -0.114. The third-order valence-corrected chi connectivity index (χ3v) is 2.81. The van der Waals surface area contributed by atoms with E-state index in [9.17, 15) is 14.4 Å². The highest BCUT2D eigenvalue weighted by atomic mass is 35.5. The smallest absolute Gasteiger partial charge is 0.325 e. The molecular formula is C13H12ClN3O3. The molecular weight excluding hydrogens is 282 g/mol. The first-order valence-corrected chi connectivity index (χ1v) is 6.17. The number of hydrogen-bond acceptors (Lipinski definition) is 3. The average Bonchev–Trinajstić information content (AvgIpc) is 2.30. The van der Waals surface area contributed by atoms with Crippen molar-refractivity contribution in [3.8, 4) is 5.69 Å². The highest BCUT2D eigenvalue weighted by molar-refractivity contribution is 6.30. The molecule has 0 saturated heterocycles. The second-order valence-corrected chi connectivity index (χ2v) is 4.71. The van der Waals surface area contributed by atoms with Gasteiger partial charge in [0.15, 0.2) is 0 Å². The fourth-order valence-electron chi connectivity index (χ4n) is 1.82. The predicted molar refractivity (Wildman–Crippen MR) is 76.7 cm³/mol. The van der Waals surface area contributed by atoms with E-state index in [4.69, 9.17) is 11.6 Å². The van der Waals surface area contributed by atoms with Crippen LogP contribution in [0.5, 0.6) is 0 Å². The monoisotopic (exact) mass is 293 g/mol. The maximum atomic E-state index is 12.0. The number of aryl methyl sites for hydroxylation is 1. The van der Waals surface area contributed by atoms with Gasteiger partial charge in [-0.1, -0.05) is 11.6 Å². The van der Waals surface area contributed by atoms with Crippen LogP contribution in [0.2, 0.25) is 5.02 Å². The Bertz CT molecular complexity index is 761. The van der Waals surface area contributed by atoms with Gasteiger partial charge in [-0.25, -0.2) is 9.36 Å². The summed E-state index contributed by atoms with van der Waals surface area (Å²) >= 11 is 5.90. The molecule has 7 heteroatoms. The average molecular weight is 294 g/mol. The van der Waals surface area contributed by atoms with Gasteiger partial charge in [-0.15, -0.1) is 0 Å². The molecule has 0 aliphatic rings. The van der Waals surface area contributed by atoms with Crippen molar-refractivity contribution < 1.29 is 4.79 Å². The third kappa shape index (κ3) is 2.80. The molecule has 1 aromatic heterocycles. The van der Waals surface area contributed by atoms with E-state index in [1.807, 2.05) is 0 Å². The van der Waals surface area contributed by atoms with Crippen LogP contribution >= 0.6 is 11.6 Å². The van der Waals surface area contributed by atoms with Gasteiger partial charge in [0.2, 0.25) is 5.91 Å². The Kier molecular flexibility index (Phi) is 3.76. The van der Waals surface area contributed by atoms with Crippen LogP contribution in [0.25, 0.3) is 5.69 Å². The first-order chi connectivity index (χ1) is 9.38. The van der Waals surface area contributed by atoms with Crippen LogP contribution in [0.15, 0.2) is 33.9 Å². The van der Waals surface area contributed by atoms with E-state index in [2.05, 4.69) is 10.3 Å². The molecule has 0 unspecified atom stereocenters. The summed E-state index contributed by atoms with van der Waals surface area (Å²) in [5, 5.41) is 2.91. The van der Waals surface area contributed by atoms with Crippen molar-refractivity contribution in [1.82, 2.24) is 9.55 Å². The molecule has 20 heavy (non-hydrogen) atoms. The number of anilines is 1. The predicted octanol–water partition coefficient (Wildman–Crippen LogP) is 1.45. The molecule has 104 valence electrons. The van der Waals surface area contributed by atoms with Gasteiger partial charge in [0, 0.05) is 23.7 Å². The topological polar surface area (TPSA) is 84.0 Å². The summed E-state index contributed by atoms with van der Waals surface area (Å²) in [6, 6.07) is 5.83. The van der Waals surface area contributed by atoms with E-state index in [1.165, 1.54) is 25.1 Å². The lowest BCUT2D eigenvalue weighted by Gasteiger charge is -2.12. The molecule has 6 nitrogen and oxygen atoms in total. The van der Waals surface area contributed by atoms with E-state index >= 15 is 0 Å². The number of nitrogens with zero attached hydrogens (tertiary/aromatic N) is 1. The minimum absolute atomic E-state index is 0.221. The van der Waals surface area contributed by atoms with E-state index in [1.54, 1.807) is 13.0 Å². The number of benzene rings is 1. The molecule has 0 saturated carbocycles. The van der Waals surface area contributed by atoms with Crippen LogP contribution in [-0.4, -0.2) is 15.5 Å². The van der Waals surface area contributed by atoms with Gasteiger partial charge < -0.3 is 10.3 Å². The quantitative estimate of drug-likeness (QED) is 0.879.